The summed E-state index contributed by atoms with van der Waals surface area (Å²) in [5.41, 5.74) is 41.6. The van der Waals surface area contributed by atoms with Crippen LogP contribution in [-0.4, -0.2) is 19.5 Å². The van der Waals surface area contributed by atoms with Crippen LogP contribution < -0.4 is 61.5 Å². The lowest BCUT2D eigenvalue weighted by atomic mass is 9.23. The fraction of sp³-hybridized carbons (Fsp3) is 0.264. The number of aryl methyl sites for hydroxylation is 4. The molecule has 0 saturated carbocycles. The van der Waals surface area contributed by atoms with Gasteiger partial charge in [-0.05, 0) is 277 Å². The van der Waals surface area contributed by atoms with E-state index in [9.17, 15) is 0 Å². The molecule has 6 unspecified atom stereocenters. The first-order chi connectivity index (χ1) is 62.2. The highest BCUT2D eigenvalue weighted by atomic mass is 16.5. The molecular weight excluding hydrogens is 1580 g/mol. The summed E-state index contributed by atoms with van der Waals surface area (Å²) in [5, 5.41) is 2.20. The Morgan fingerprint density at radius 3 is 0.885 bits per heavy atom. The van der Waals surface area contributed by atoms with Crippen molar-refractivity contribution >= 4 is 85.8 Å². The molecule has 632 valence electrons. The molecule has 9 heteroatoms. The van der Waals surface area contributed by atoms with Crippen LogP contribution >= 0.6 is 0 Å². The van der Waals surface area contributed by atoms with Gasteiger partial charge in [-0.3, -0.25) is 9.80 Å². The second kappa shape index (κ2) is 23.8. The largest absolute Gasteiger partial charge is 0.461 e. The average Bonchev–Trinajstić information content (AvgIpc) is 0.623. The Morgan fingerprint density at radius 2 is 0.562 bits per heavy atom. The minimum absolute atomic E-state index is 0.105. The van der Waals surface area contributed by atoms with Gasteiger partial charge in [0.25, 0.3) is 0 Å². The van der Waals surface area contributed by atoms with Gasteiger partial charge in [0, 0.05) is 73.8 Å². The van der Waals surface area contributed by atoms with Gasteiger partial charge in [0.15, 0.2) is 0 Å². The van der Waals surface area contributed by atoms with Crippen molar-refractivity contribution in [3.63, 3.8) is 0 Å². The van der Waals surface area contributed by atoms with E-state index in [1.807, 2.05) is 0 Å². The molecule has 2 amide bonds. The van der Waals surface area contributed by atoms with Gasteiger partial charge in [-0.2, -0.15) is 0 Å². The summed E-state index contributed by atoms with van der Waals surface area (Å²) in [6, 6.07) is 90.6. The van der Waals surface area contributed by atoms with E-state index in [-0.39, 0.29) is 40.5 Å². The number of nitrogens with zero attached hydrogens (tertiary/aromatic N) is 2. The summed E-state index contributed by atoms with van der Waals surface area (Å²) in [5.74, 6) is 6.04. The first-order valence-corrected chi connectivity index (χ1v) is 47.6. The Bertz CT molecular complexity index is 7390. The monoisotopic (exact) mass is 1680 g/mol. The average molecular weight is 1690 g/mol. The number of benzene rings is 14. The number of amides is 2. The van der Waals surface area contributed by atoms with Gasteiger partial charge in [-0.25, -0.2) is 4.79 Å². The van der Waals surface area contributed by atoms with E-state index in [0.717, 1.165) is 146 Å². The molecule has 0 saturated heterocycles. The first kappa shape index (κ1) is 76.1. The van der Waals surface area contributed by atoms with Crippen LogP contribution in [0.1, 0.15) is 233 Å². The van der Waals surface area contributed by atoms with Crippen molar-refractivity contribution in [1.82, 2.24) is 0 Å². The third kappa shape index (κ3) is 8.46. The van der Waals surface area contributed by atoms with E-state index < -0.39 is 45.9 Å². The lowest BCUT2D eigenvalue weighted by Crippen LogP contribution is -2.74. The Morgan fingerprint density at radius 1 is 0.292 bits per heavy atom. The molecule has 11 heterocycles. The van der Waals surface area contributed by atoms with E-state index in [0.29, 0.717) is 0 Å². The zero-order chi connectivity index (χ0) is 88.8. The van der Waals surface area contributed by atoms with E-state index in [2.05, 4.69) is 379 Å². The number of hydrogen-bond acceptors (Lipinski definition) is 5. The Balaban J connectivity index is 0.916. The number of fused-ring (bicyclic) bond motifs is 16. The van der Waals surface area contributed by atoms with Crippen molar-refractivity contribution in [3.05, 3.63) is 387 Å². The fourth-order valence-electron chi connectivity index (χ4n) is 29.4. The minimum Gasteiger partial charge on any atom is -0.461 e. The number of anilines is 4. The summed E-state index contributed by atoms with van der Waals surface area (Å²) in [4.78, 5) is 24.9. The second-order valence-electron chi connectivity index (χ2n) is 44.9. The second-order valence-corrected chi connectivity index (χ2v) is 44.9. The summed E-state index contributed by atoms with van der Waals surface area (Å²) in [7, 11) is 0. The number of ether oxygens (including phenoxy) is 4. The lowest BCUT2D eigenvalue weighted by Gasteiger charge is -2.61. The Hall–Kier alpha value is -12.8. The topological polar surface area (TPSA) is 60.5 Å². The SMILES string of the molecule is Cc1cc(C(C)(C)C)cc(C)c1-c1cc2c3c(c1)C1(c4ccccc4Oc4ccccc41)c1cc(C(C)(C)C)cc4c1B3c1c3cc5cc6c7c8c5c1N2C(=O)N8c1cc(-c2c(C)cc(C(C)(C)C)cc2C)cc2c1B7c1c(cc(C(C)(C)C)cc1C21c2ccccc2Oc2ccccc21)C61C2=C(Oc5ccccc51)C(C)C1=C(C(C)C5=C(Oc6ccccc6C543)C1C)C2C. The van der Waals surface area contributed by atoms with Crippen LogP contribution in [0.4, 0.5) is 27.5 Å². The normalized spacial score (nSPS) is 21.7. The number of para-hydroxylation sites is 6. The molecule has 0 aromatic heterocycles. The molecule has 7 nitrogen and oxygen atoms in total. The molecular formula is C121H102B2N2O5. The first-order valence-electron chi connectivity index (χ1n) is 47.6. The maximum atomic E-state index is 20.2. The van der Waals surface area contributed by atoms with Crippen LogP contribution in [0.5, 0.6) is 34.5 Å². The van der Waals surface area contributed by atoms with Crippen molar-refractivity contribution in [3.8, 4) is 56.8 Å². The Labute approximate surface area is 763 Å². The summed E-state index contributed by atoms with van der Waals surface area (Å²) in [6.45, 7) is 47.2. The highest BCUT2D eigenvalue weighted by Gasteiger charge is 2.70. The van der Waals surface area contributed by atoms with Crippen molar-refractivity contribution < 1.29 is 23.7 Å². The highest BCUT2D eigenvalue weighted by molar-refractivity contribution is 7.02. The van der Waals surface area contributed by atoms with Crippen LogP contribution in [0.3, 0.4) is 0 Å². The van der Waals surface area contributed by atoms with Gasteiger partial charge >= 0.3 is 6.03 Å². The quantitative estimate of drug-likeness (QED) is 0.127. The number of allylic oxidation sites excluding steroid dienone is 5. The molecule has 0 N–H and O–H groups in total. The number of rotatable bonds is 2. The maximum absolute atomic E-state index is 20.2. The molecule has 4 spiro atoms. The third-order valence-electron chi connectivity index (χ3n) is 34.3. The number of hydrogen-bond donors (Lipinski definition) is 0. The van der Waals surface area contributed by atoms with Gasteiger partial charge in [-0.15, -0.1) is 0 Å². The third-order valence-corrected chi connectivity index (χ3v) is 34.3. The number of carbonyl (C=O) groups is 1. The zero-order valence-corrected chi connectivity index (χ0v) is 77.8. The highest BCUT2D eigenvalue weighted by Crippen LogP contribution is 2.72. The molecule has 6 bridgehead atoms. The van der Waals surface area contributed by atoms with E-state index in [1.54, 1.807) is 0 Å². The van der Waals surface area contributed by atoms with Gasteiger partial charge in [0.05, 0.1) is 33.0 Å². The number of carbonyl (C=O) groups excluding carboxylic acids is 1. The predicted octanol–water partition coefficient (Wildman–Crippen LogP) is 24.7. The smallest absolute Gasteiger partial charge is 0.338 e. The van der Waals surface area contributed by atoms with Crippen molar-refractivity contribution in [2.24, 2.45) is 23.7 Å². The molecule has 3 aliphatic carbocycles. The van der Waals surface area contributed by atoms with Gasteiger partial charge in [-0.1, -0.05) is 285 Å². The molecule has 14 aromatic carbocycles. The fourth-order valence-corrected chi connectivity index (χ4v) is 29.4. The van der Waals surface area contributed by atoms with Crippen LogP contribution in [0, 0.1) is 51.4 Å². The van der Waals surface area contributed by atoms with E-state index >= 15 is 4.79 Å². The molecule has 130 heavy (non-hydrogen) atoms. The standard InChI is InChI=1S/C121H102B2N2O5/c1-59-45-70(114(9,10)11)46-60(2)96(59)68-51-80-105-88(53-68)124-109-100-67-49-82-107(109)122(105)103-84(118(80)74-33-21-27-39-90(74)127-91-40-28-22-34-75(91)118)55-72(116(15,16)17)57-86(103)120(82)78-37-25-31-43-94(78)129-111-65(7)99-66(8)112-102(64(6)98(99)63(5)101(111)120)121(79-38-26-32-44-95(79)130-112)83(50-67)108-110(100)125(113(124)126)89-54-69(97-61(3)47-71(48-62(97)4)115(12,13)14)52-81-106(89)123(108)104-85(56-73(58-87(104)121)117(18,19)20)119(81)76-35-23-29-41-92(76)128-93-42-30-24-36-77(93)119/h21-58,63-66H,1-20H3. The van der Waals surface area contributed by atoms with Crippen LogP contribution in [-0.2, 0) is 43.3 Å². The number of urea groups is 1. The van der Waals surface area contributed by atoms with Crippen molar-refractivity contribution in [1.29, 1.82) is 0 Å². The van der Waals surface area contributed by atoms with Gasteiger partial charge in [0.1, 0.15) is 46.0 Å². The molecule has 0 fully saturated rings. The zero-order valence-electron chi connectivity index (χ0n) is 77.8. The van der Waals surface area contributed by atoms with E-state index in [1.165, 1.54) is 133 Å². The molecule has 11 aliphatic heterocycles. The molecule has 28 rings (SSSR count). The summed E-state index contributed by atoms with van der Waals surface area (Å²) < 4.78 is 31.4. The molecule has 14 aliphatic rings. The van der Waals surface area contributed by atoms with Gasteiger partial charge in [0.2, 0.25) is 13.4 Å². The van der Waals surface area contributed by atoms with Crippen molar-refractivity contribution in [2.75, 3.05) is 9.80 Å². The molecule has 14 aromatic rings. The van der Waals surface area contributed by atoms with Crippen LogP contribution in [0.25, 0.3) is 33.0 Å². The predicted molar refractivity (Wildman–Crippen MR) is 529 cm³/mol. The summed E-state index contributed by atoms with van der Waals surface area (Å²) >= 11 is 0. The molecule has 0 radical (unpaired) electrons. The van der Waals surface area contributed by atoms with Gasteiger partial charge < -0.3 is 18.9 Å². The van der Waals surface area contributed by atoms with Crippen molar-refractivity contribution in [2.45, 2.75) is 182 Å². The minimum atomic E-state index is -1.08. The van der Waals surface area contributed by atoms with Crippen LogP contribution in [0.2, 0.25) is 0 Å². The Kier molecular flexibility index (Phi) is 14.0. The van der Waals surface area contributed by atoms with Crippen LogP contribution in [0.15, 0.2) is 264 Å². The summed E-state index contributed by atoms with van der Waals surface area (Å²) in [6.07, 6.45) is 0. The lowest BCUT2D eigenvalue weighted by molar-refractivity contribution is 0.255. The van der Waals surface area contributed by atoms with E-state index in [4.69, 9.17) is 18.9 Å². The maximum Gasteiger partial charge on any atom is 0.338 e. The molecule has 6 atom stereocenters.